The van der Waals surface area contributed by atoms with Gasteiger partial charge in [0.2, 0.25) is 10.0 Å². The molecule has 100 valence electrons. The Morgan fingerprint density at radius 1 is 1.28 bits per heavy atom. The number of nitrogens with zero attached hydrogens (tertiary/aromatic N) is 1. The molecule has 1 aromatic carbocycles. The minimum absolute atomic E-state index is 0.0949. The minimum Gasteiger partial charge on any atom is -0.480 e. The zero-order valence-corrected chi connectivity index (χ0v) is 11.2. The fourth-order valence-electron chi connectivity index (χ4n) is 1.31. The number of hydrogen-bond donors (Lipinski definition) is 2. The second-order valence-electron chi connectivity index (χ2n) is 4.32. The summed E-state index contributed by atoms with van der Waals surface area (Å²) >= 11 is 0. The molecule has 0 heterocycles. The molecular formula is C11H16N2O4S. The Labute approximate surface area is 106 Å². The standard InChI is InChI=1S/C11H16N2O4S/c1-11(12,10(14)15)8-4-6-9(7-5-8)18(16,17)13(2)3/h4-7H,12H2,1-3H3,(H,14,15). The van der Waals surface area contributed by atoms with E-state index in [-0.39, 0.29) is 4.90 Å². The lowest BCUT2D eigenvalue weighted by atomic mass is 9.94. The van der Waals surface area contributed by atoms with Gasteiger partial charge in [-0.25, -0.2) is 17.5 Å². The van der Waals surface area contributed by atoms with Crippen LogP contribution in [0.3, 0.4) is 0 Å². The molecule has 0 radical (unpaired) electrons. The zero-order chi connectivity index (χ0) is 14.1. The van der Waals surface area contributed by atoms with Gasteiger partial charge in [0.05, 0.1) is 4.90 Å². The number of benzene rings is 1. The van der Waals surface area contributed by atoms with Crippen LogP contribution in [-0.4, -0.2) is 37.9 Å². The molecule has 0 aliphatic heterocycles. The average Bonchev–Trinajstić information content (AvgIpc) is 2.28. The van der Waals surface area contributed by atoms with E-state index in [1.807, 2.05) is 0 Å². The average molecular weight is 272 g/mol. The highest BCUT2D eigenvalue weighted by molar-refractivity contribution is 7.89. The summed E-state index contributed by atoms with van der Waals surface area (Å²) < 4.78 is 24.7. The van der Waals surface area contributed by atoms with Crippen LogP contribution in [0.15, 0.2) is 29.2 Å². The van der Waals surface area contributed by atoms with Crippen LogP contribution in [-0.2, 0) is 20.4 Å². The van der Waals surface area contributed by atoms with Gasteiger partial charge in [0.15, 0.2) is 0 Å². The lowest BCUT2D eigenvalue weighted by Crippen LogP contribution is -2.41. The third-order valence-corrected chi connectivity index (χ3v) is 4.51. The summed E-state index contributed by atoms with van der Waals surface area (Å²) in [6.07, 6.45) is 0. The predicted octanol–water partition coefficient (Wildman–Crippen LogP) is 0.195. The van der Waals surface area contributed by atoms with Crippen LogP contribution in [0.4, 0.5) is 0 Å². The molecule has 0 amide bonds. The number of carboxylic acids is 1. The molecule has 1 aromatic rings. The monoisotopic (exact) mass is 272 g/mol. The van der Waals surface area contributed by atoms with Gasteiger partial charge in [-0.3, -0.25) is 0 Å². The smallest absolute Gasteiger partial charge is 0.328 e. The normalized spacial score (nSPS) is 15.4. The van der Waals surface area contributed by atoms with Crippen LogP contribution in [0.2, 0.25) is 0 Å². The van der Waals surface area contributed by atoms with Crippen molar-refractivity contribution in [2.45, 2.75) is 17.4 Å². The van der Waals surface area contributed by atoms with E-state index in [2.05, 4.69) is 0 Å². The largest absolute Gasteiger partial charge is 0.480 e. The number of hydrogen-bond acceptors (Lipinski definition) is 4. The Hall–Kier alpha value is -1.44. The molecule has 0 bridgehead atoms. The van der Waals surface area contributed by atoms with Gasteiger partial charge in [0.1, 0.15) is 5.54 Å². The van der Waals surface area contributed by atoms with Gasteiger partial charge in [-0.05, 0) is 24.6 Å². The van der Waals surface area contributed by atoms with Crippen molar-refractivity contribution >= 4 is 16.0 Å². The molecule has 0 saturated heterocycles. The van der Waals surface area contributed by atoms with Gasteiger partial charge in [0.25, 0.3) is 0 Å². The molecular weight excluding hydrogens is 256 g/mol. The van der Waals surface area contributed by atoms with Gasteiger partial charge in [-0.1, -0.05) is 12.1 Å². The Morgan fingerprint density at radius 3 is 2.06 bits per heavy atom. The lowest BCUT2D eigenvalue weighted by Gasteiger charge is -2.20. The number of nitrogens with two attached hydrogens (primary N) is 1. The van der Waals surface area contributed by atoms with E-state index in [1.165, 1.54) is 45.3 Å². The van der Waals surface area contributed by atoms with E-state index in [4.69, 9.17) is 10.8 Å². The van der Waals surface area contributed by atoms with E-state index in [9.17, 15) is 13.2 Å². The summed E-state index contributed by atoms with van der Waals surface area (Å²) in [7, 11) is -0.666. The first-order chi connectivity index (χ1) is 8.10. The van der Waals surface area contributed by atoms with Crippen molar-refractivity contribution < 1.29 is 18.3 Å². The second kappa shape index (κ2) is 4.68. The Morgan fingerprint density at radius 2 is 1.72 bits per heavy atom. The molecule has 1 atom stereocenters. The molecule has 0 fully saturated rings. The van der Waals surface area contributed by atoms with Crippen LogP contribution in [0.25, 0.3) is 0 Å². The van der Waals surface area contributed by atoms with Gasteiger partial charge < -0.3 is 10.8 Å². The molecule has 0 aliphatic carbocycles. The van der Waals surface area contributed by atoms with Crippen molar-refractivity contribution in [3.05, 3.63) is 29.8 Å². The quantitative estimate of drug-likeness (QED) is 0.815. The molecule has 0 spiro atoms. The molecule has 0 aliphatic rings. The molecule has 1 unspecified atom stereocenters. The molecule has 18 heavy (non-hydrogen) atoms. The second-order valence-corrected chi connectivity index (χ2v) is 6.47. The van der Waals surface area contributed by atoms with Crippen LogP contribution >= 0.6 is 0 Å². The maximum Gasteiger partial charge on any atom is 0.328 e. The highest BCUT2D eigenvalue weighted by Gasteiger charge is 2.30. The van der Waals surface area contributed by atoms with Crippen LogP contribution < -0.4 is 5.73 Å². The molecule has 7 heteroatoms. The fraction of sp³-hybridized carbons (Fsp3) is 0.364. The first kappa shape index (κ1) is 14.6. The molecule has 0 saturated carbocycles. The topological polar surface area (TPSA) is 101 Å². The molecule has 6 nitrogen and oxygen atoms in total. The van der Waals surface area contributed by atoms with E-state index < -0.39 is 21.5 Å². The van der Waals surface area contributed by atoms with Gasteiger partial charge in [0, 0.05) is 14.1 Å². The van der Waals surface area contributed by atoms with Crippen molar-refractivity contribution in [3.63, 3.8) is 0 Å². The van der Waals surface area contributed by atoms with Crippen LogP contribution in [0.5, 0.6) is 0 Å². The SMILES string of the molecule is CN(C)S(=O)(=O)c1ccc(C(C)(N)C(=O)O)cc1. The number of carboxylic acid groups (broad SMARTS) is 1. The van der Waals surface area contributed by atoms with Crippen molar-refractivity contribution in [1.29, 1.82) is 0 Å². The maximum absolute atomic E-state index is 11.8. The molecule has 0 aromatic heterocycles. The Bertz CT molecular complexity index is 547. The van der Waals surface area contributed by atoms with Gasteiger partial charge in [-0.15, -0.1) is 0 Å². The van der Waals surface area contributed by atoms with E-state index in [0.717, 1.165) is 4.31 Å². The Balaban J connectivity index is 3.20. The number of rotatable bonds is 4. The first-order valence-electron chi connectivity index (χ1n) is 5.15. The highest BCUT2D eigenvalue weighted by atomic mass is 32.2. The predicted molar refractivity (Wildman–Crippen MR) is 66.5 cm³/mol. The minimum atomic E-state index is -3.51. The number of sulfonamides is 1. The highest BCUT2D eigenvalue weighted by Crippen LogP contribution is 2.21. The number of aliphatic carboxylic acids is 1. The first-order valence-corrected chi connectivity index (χ1v) is 6.59. The summed E-state index contributed by atoms with van der Waals surface area (Å²) in [4.78, 5) is 11.1. The van der Waals surface area contributed by atoms with Gasteiger partial charge in [-0.2, -0.15) is 0 Å². The van der Waals surface area contributed by atoms with Gasteiger partial charge >= 0.3 is 5.97 Å². The zero-order valence-electron chi connectivity index (χ0n) is 10.4. The molecule has 3 N–H and O–H groups in total. The fourth-order valence-corrected chi connectivity index (χ4v) is 2.21. The van der Waals surface area contributed by atoms with E-state index >= 15 is 0 Å². The van der Waals surface area contributed by atoms with Crippen molar-refractivity contribution in [2.24, 2.45) is 5.73 Å². The summed E-state index contributed by atoms with van der Waals surface area (Å²) in [6.45, 7) is 1.35. The van der Waals surface area contributed by atoms with Crippen LogP contribution in [0.1, 0.15) is 12.5 Å². The summed E-state index contributed by atoms with van der Waals surface area (Å²) in [5.41, 5.74) is 4.44. The Kier molecular flexibility index (Phi) is 3.80. The third-order valence-electron chi connectivity index (χ3n) is 2.68. The summed E-state index contributed by atoms with van der Waals surface area (Å²) in [5, 5.41) is 8.96. The number of carbonyl (C=O) groups is 1. The third kappa shape index (κ3) is 2.53. The lowest BCUT2D eigenvalue weighted by molar-refractivity contribution is -0.143. The maximum atomic E-state index is 11.8. The van der Waals surface area contributed by atoms with E-state index in [0.29, 0.717) is 5.56 Å². The van der Waals surface area contributed by atoms with Crippen molar-refractivity contribution in [1.82, 2.24) is 4.31 Å². The summed E-state index contributed by atoms with van der Waals surface area (Å²) in [6, 6.07) is 5.51. The van der Waals surface area contributed by atoms with E-state index in [1.54, 1.807) is 0 Å². The van der Waals surface area contributed by atoms with Crippen molar-refractivity contribution in [2.75, 3.05) is 14.1 Å². The van der Waals surface area contributed by atoms with Crippen LogP contribution in [0, 0.1) is 0 Å². The summed E-state index contributed by atoms with van der Waals surface area (Å²) in [5.74, 6) is -1.18. The molecule has 1 rings (SSSR count). The van der Waals surface area contributed by atoms with Crippen molar-refractivity contribution in [3.8, 4) is 0 Å².